The molecule has 0 bridgehead atoms. The molecule has 0 aliphatic heterocycles. The molecule has 7 nitrogen and oxygen atoms in total. The number of aliphatic hydroxyl groups is 1. The van der Waals surface area contributed by atoms with Crippen LogP contribution in [0.1, 0.15) is 13.8 Å². The summed E-state index contributed by atoms with van der Waals surface area (Å²) in [6.45, 7) is 4.03. The van der Waals surface area contributed by atoms with Crippen LogP contribution >= 0.6 is 15.9 Å². The molecule has 0 aliphatic rings. The summed E-state index contributed by atoms with van der Waals surface area (Å²) < 4.78 is 5.78. The molecule has 0 aliphatic carbocycles. The van der Waals surface area contributed by atoms with Gasteiger partial charge in [0, 0.05) is 18.6 Å². The van der Waals surface area contributed by atoms with E-state index in [2.05, 4.69) is 31.1 Å². The van der Waals surface area contributed by atoms with E-state index < -0.39 is 11.5 Å². The smallest absolute Gasteiger partial charge is 0.327 e. The van der Waals surface area contributed by atoms with Gasteiger partial charge in [0.25, 0.3) is 5.56 Å². The van der Waals surface area contributed by atoms with Crippen LogP contribution in [0.4, 0.5) is 5.69 Å². The summed E-state index contributed by atoms with van der Waals surface area (Å²) >= 11 is 3.18. The minimum Gasteiger partial charge on any atom is -0.468 e. The predicted octanol–water partition coefficient (Wildman–Crippen LogP) is 0.609. The summed E-state index contributed by atoms with van der Waals surface area (Å²) in [6, 6.07) is 0. The zero-order valence-corrected chi connectivity index (χ0v) is 13.2. The minimum atomic E-state index is -0.548. The Labute approximate surface area is 125 Å². The normalized spacial score (nSPS) is 11.2. The number of hydrogen-bond acceptors (Lipinski definition) is 6. The quantitative estimate of drug-likeness (QED) is 0.732. The second kappa shape index (κ2) is 6.85. The third kappa shape index (κ3) is 4.31. The molecule has 0 amide bonds. The van der Waals surface area contributed by atoms with Crippen molar-refractivity contribution in [3.63, 3.8) is 0 Å². The maximum absolute atomic E-state index is 12.0. The molecular weight excluding hydrogens is 330 g/mol. The first-order valence-corrected chi connectivity index (χ1v) is 6.77. The van der Waals surface area contributed by atoms with Gasteiger partial charge in [-0.1, -0.05) is 13.8 Å². The maximum atomic E-state index is 12.0. The van der Waals surface area contributed by atoms with Gasteiger partial charge in [-0.2, -0.15) is 5.10 Å². The Morgan fingerprint density at radius 3 is 2.80 bits per heavy atom. The van der Waals surface area contributed by atoms with Gasteiger partial charge in [-0.25, -0.2) is 4.68 Å². The number of aromatic nitrogens is 2. The third-order valence-electron chi connectivity index (χ3n) is 2.68. The fourth-order valence-corrected chi connectivity index (χ4v) is 1.73. The highest BCUT2D eigenvalue weighted by atomic mass is 79.9. The lowest BCUT2D eigenvalue weighted by atomic mass is 9.95. The highest BCUT2D eigenvalue weighted by Crippen LogP contribution is 2.20. The summed E-state index contributed by atoms with van der Waals surface area (Å²) in [6.07, 6.45) is 1.45. The minimum absolute atomic E-state index is 0.0183. The Morgan fingerprint density at radius 2 is 2.25 bits per heavy atom. The van der Waals surface area contributed by atoms with E-state index >= 15 is 0 Å². The van der Waals surface area contributed by atoms with Crippen LogP contribution in [0.5, 0.6) is 0 Å². The number of halogens is 1. The van der Waals surface area contributed by atoms with Gasteiger partial charge < -0.3 is 15.2 Å². The van der Waals surface area contributed by atoms with Gasteiger partial charge in [-0.3, -0.25) is 9.59 Å². The van der Waals surface area contributed by atoms with Crippen molar-refractivity contribution >= 4 is 27.6 Å². The van der Waals surface area contributed by atoms with E-state index in [0.29, 0.717) is 12.2 Å². The number of nitrogens with zero attached hydrogens (tertiary/aromatic N) is 2. The fourth-order valence-electron chi connectivity index (χ4n) is 1.28. The van der Waals surface area contributed by atoms with Gasteiger partial charge in [0.1, 0.15) is 11.0 Å². The first-order chi connectivity index (χ1) is 9.30. The topological polar surface area (TPSA) is 93.5 Å². The van der Waals surface area contributed by atoms with Gasteiger partial charge in [0.15, 0.2) is 0 Å². The molecule has 0 unspecified atom stereocenters. The Hall–Kier alpha value is -1.41. The lowest BCUT2D eigenvalue weighted by Crippen LogP contribution is -2.30. The number of rotatable bonds is 6. The summed E-state index contributed by atoms with van der Waals surface area (Å²) in [5, 5.41) is 16.1. The van der Waals surface area contributed by atoms with Crippen LogP contribution in [0.2, 0.25) is 0 Å². The summed E-state index contributed by atoms with van der Waals surface area (Å²) in [5.74, 6) is -0.548. The Morgan fingerprint density at radius 1 is 1.60 bits per heavy atom. The number of methoxy groups -OCH3 is 1. The predicted molar refractivity (Wildman–Crippen MR) is 77.6 cm³/mol. The molecule has 0 saturated carbocycles. The number of carbonyl (C=O) groups is 1. The second-order valence-electron chi connectivity index (χ2n) is 5.09. The summed E-state index contributed by atoms with van der Waals surface area (Å²) in [5.41, 5.74) is -0.236. The first kappa shape index (κ1) is 16.6. The van der Waals surface area contributed by atoms with Gasteiger partial charge >= 0.3 is 5.97 Å². The van der Waals surface area contributed by atoms with E-state index in [0.717, 1.165) is 4.68 Å². The Bertz CT molecular complexity index is 542. The molecule has 112 valence electrons. The van der Waals surface area contributed by atoms with E-state index in [1.807, 2.05) is 13.8 Å². The van der Waals surface area contributed by atoms with Crippen LogP contribution in [-0.2, 0) is 16.1 Å². The number of anilines is 1. The molecule has 0 atom stereocenters. The second-order valence-corrected chi connectivity index (χ2v) is 5.88. The zero-order valence-electron chi connectivity index (χ0n) is 11.6. The molecule has 0 fully saturated rings. The number of carbonyl (C=O) groups excluding carboxylic acids is 1. The Balaban J connectivity index is 2.89. The van der Waals surface area contributed by atoms with Gasteiger partial charge in [0.2, 0.25) is 0 Å². The number of ether oxygens (including phenoxy) is 1. The van der Waals surface area contributed by atoms with Crippen molar-refractivity contribution in [3.05, 3.63) is 21.0 Å². The van der Waals surface area contributed by atoms with Crippen LogP contribution in [0.15, 0.2) is 15.5 Å². The van der Waals surface area contributed by atoms with Crippen molar-refractivity contribution in [1.29, 1.82) is 0 Å². The lowest BCUT2D eigenvalue weighted by molar-refractivity contribution is -0.141. The SMILES string of the molecule is COC(=O)Cn1ncc(NCC(C)(C)CO)c(Br)c1=O. The average molecular weight is 348 g/mol. The molecule has 1 heterocycles. The molecule has 0 aromatic carbocycles. The summed E-state index contributed by atoms with van der Waals surface area (Å²) in [7, 11) is 1.25. The highest BCUT2D eigenvalue weighted by Gasteiger charge is 2.18. The van der Waals surface area contributed by atoms with E-state index in [4.69, 9.17) is 0 Å². The molecule has 1 rings (SSSR count). The molecule has 8 heteroatoms. The highest BCUT2D eigenvalue weighted by molar-refractivity contribution is 9.10. The number of aliphatic hydroxyl groups excluding tert-OH is 1. The average Bonchev–Trinajstić information content (AvgIpc) is 2.43. The van der Waals surface area contributed by atoms with Crippen molar-refractivity contribution in [3.8, 4) is 0 Å². The van der Waals surface area contributed by atoms with Gasteiger partial charge in [-0.05, 0) is 15.9 Å². The Kier molecular flexibility index (Phi) is 5.70. The number of nitrogens with one attached hydrogen (secondary N) is 1. The monoisotopic (exact) mass is 347 g/mol. The molecule has 2 N–H and O–H groups in total. The van der Waals surface area contributed by atoms with Crippen LogP contribution in [0, 0.1) is 5.41 Å². The van der Waals surface area contributed by atoms with Gasteiger partial charge in [-0.15, -0.1) is 0 Å². The van der Waals surface area contributed by atoms with E-state index in [1.54, 1.807) is 0 Å². The molecule has 0 spiro atoms. The van der Waals surface area contributed by atoms with Crippen LogP contribution in [0.3, 0.4) is 0 Å². The zero-order chi connectivity index (χ0) is 15.3. The molecule has 1 aromatic heterocycles. The van der Waals surface area contributed by atoms with Crippen molar-refractivity contribution in [2.75, 3.05) is 25.6 Å². The largest absolute Gasteiger partial charge is 0.468 e. The van der Waals surface area contributed by atoms with Crippen LogP contribution in [-0.4, -0.2) is 41.1 Å². The molecule has 20 heavy (non-hydrogen) atoms. The van der Waals surface area contributed by atoms with E-state index in [1.165, 1.54) is 13.3 Å². The molecule has 1 aromatic rings. The lowest BCUT2D eigenvalue weighted by Gasteiger charge is -2.22. The summed E-state index contributed by atoms with van der Waals surface area (Å²) in [4.78, 5) is 23.1. The third-order valence-corrected chi connectivity index (χ3v) is 3.44. The van der Waals surface area contributed by atoms with Crippen molar-refractivity contribution in [2.45, 2.75) is 20.4 Å². The van der Waals surface area contributed by atoms with E-state index in [9.17, 15) is 14.7 Å². The standard InChI is InChI=1S/C12H18BrN3O4/c1-12(2,7-17)6-14-8-4-15-16(5-9(18)20-3)11(19)10(8)13/h4,14,17H,5-7H2,1-3H3. The van der Waals surface area contributed by atoms with Crippen molar-refractivity contribution in [1.82, 2.24) is 9.78 Å². The number of esters is 1. The van der Waals surface area contributed by atoms with Crippen LogP contribution in [0.25, 0.3) is 0 Å². The maximum Gasteiger partial charge on any atom is 0.327 e. The van der Waals surface area contributed by atoms with Gasteiger partial charge in [0.05, 0.1) is 19.0 Å². The fraction of sp³-hybridized carbons (Fsp3) is 0.583. The van der Waals surface area contributed by atoms with Crippen molar-refractivity contribution < 1.29 is 14.6 Å². The molecule has 0 saturated heterocycles. The molecular formula is C12H18BrN3O4. The first-order valence-electron chi connectivity index (χ1n) is 5.98. The van der Waals surface area contributed by atoms with Crippen LogP contribution < -0.4 is 10.9 Å². The molecule has 0 radical (unpaired) electrons. The van der Waals surface area contributed by atoms with Crippen molar-refractivity contribution in [2.24, 2.45) is 5.41 Å². The number of hydrogen-bond donors (Lipinski definition) is 2. The van der Waals surface area contributed by atoms with E-state index in [-0.39, 0.29) is 23.0 Å².